The van der Waals surface area contributed by atoms with Gasteiger partial charge in [0.1, 0.15) is 5.56 Å². The summed E-state index contributed by atoms with van der Waals surface area (Å²) in [5, 5.41) is 9.16. The van der Waals surface area contributed by atoms with Crippen LogP contribution >= 0.6 is 15.9 Å². The SMILES string of the molecule is Cc1cc(C)n(Cc2ccccc2Br)c(=O)c1C(=O)O. The molecule has 1 heterocycles. The summed E-state index contributed by atoms with van der Waals surface area (Å²) in [4.78, 5) is 23.5. The quantitative estimate of drug-likeness (QED) is 0.937. The van der Waals surface area contributed by atoms with Crippen LogP contribution < -0.4 is 5.56 Å². The molecule has 4 nitrogen and oxygen atoms in total. The Balaban J connectivity index is 2.58. The molecule has 1 N–H and O–H groups in total. The van der Waals surface area contributed by atoms with Crippen molar-refractivity contribution in [1.82, 2.24) is 4.57 Å². The summed E-state index contributed by atoms with van der Waals surface area (Å²) in [5.41, 5.74) is 1.53. The summed E-state index contributed by atoms with van der Waals surface area (Å²) in [6, 6.07) is 9.29. The Bertz CT molecular complexity index is 734. The first-order chi connectivity index (χ1) is 9.41. The van der Waals surface area contributed by atoms with Crippen molar-refractivity contribution < 1.29 is 9.90 Å². The molecule has 1 aromatic carbocycles. The van der Waals surface area contributed by atoms with E-state index in [9.17, 15) is 9.59 Å². The summed E-state index contributed by atoms with van der Waals surface area (Å²) < 4.78 is 2.38. The van der Waals surface area contributed by atoms with Crippen LogP contribution in [0, 0.1) is 13.8 Å². The number of benzene rings is 1. The van der Waals surface area contributed by atoms with E-state index in [0.29, 0.717) is 12.1 Å². The van der Waals surface area contributed by atoms with Gasteiger partial charge in [-0.25, -0.2) is 4.79 Å². The second kappa shape index (κ2) is 5.63. The molecule has 0 bridgehead atoms. The Labute approximate surface area is 124 Å². The van der Waals surface area contributed by atoms with Gasteiger partial charge in [0.05, 0.1) is 6.54 Å². The van der Waals surface area contributed by atoms with Crippen molar-refractivity contribution in [3.8, 4) is 0 Å². The first-order valence-corrected chi connectivity index (χ1v) is 6.89. The van der Waals surface area contributed by atoms with Crippen LogP contribution in [-0.2, 0) is 6.54 Å². The van der Waals surface area contributed by atoms with E-state index >= 15 is 0 Å². The number of aromatic nitrogens is 1. The summed E-state index contributed by atoms with van der Waals surface area (Å²) in [5.74, 6) is -1.19. The zero-order valence-corrected chi connectivity index (χ0v) is 12.8. The third-order valence-electron chi connectivity index (χ3n) is 3.20. The van der Waals surface area contributed by atoms with Crippen LogP contribution in [0.2, 0.25) is 0 Å². The van der Waals surface area contributed by atoms with E-state index in [4.69, 9.17) is 5.11 Å². The maximum absolute atomic E-state index is 12.3. The largest absolute Gasteiger partial charge is 0.477 e. The molecule has 5 heteroatoms. The Morgan fingerprint density at radius 2 is 1.95 bits per heavy atom. The molecule has 2 aromatic rings. The lowest BCUT2D eigenvalue weighted by Crippen LogP contribution is -2.29. The first-order valence-electron chi connectivity index (χ1n) is 6.09. The van der Waals surface area contributed by atoms with Crippen LogP contribution in [0.1, 0.15) is 27.2 Å². The number of rotatable bonds is 3. The predicted molar refractivity (Wildman–Crippen MR) is 80.4 cm³/mol. The molecule has 0 fully saturated rings. The highest BCUT2D eigenvalue weighted by Gasteiger charge is 2.16. The number of aryl methyl sites for hydroxylation is 2. The number of hydrogen-bond donors (Lipinski definition) is 1. The number of hydrogen-bond acceptors (Lipinski definition) is 2. The molecule has 0 aliphatic carbocycles. The van der Waals surface area contributed by atoms with Gasteiger partial charge in [-0.1, -0.05) is 34.1 Å². The van der Waals surface area contributed by atoms with Crippen molar-refractivity contribution in [2.45, 2.75) is 20.4 Å². The topological polar surface area (TPSA) is 59.3 Å². The second-order valence-electron chi connectivity index (χ2n) is 4.63. The molecule has 104 valence electrons. The molecule has 1 aromatic heterocycles. The average Bonchev–Trinajstić information content (AvgIpc) is 2.35. The van der Waals surface area contributed by atoms with Crippen molar-refractivity contribution in [3.05, 3.63) is 67.5 Å². The minimum absolute atomic E-state index is 0.164. The fourth-order valence-corrected chi connectivity index (χ4v) is 2.59. The number of nitrogens with zero attached hydrogens (tertiary/aromatic N) is 1. The van der Waals surface area contributed by atoms with Crippen LogP contribution in [0.15, 0.2) is 39.6 Å². The highest BCUT2D eigenvalue weighted by molar-refractivity contribution is 9.10. The van der Waals surface area contributed by atoms with Gasteiger partial charge in [-0.2, -0.15) is 0 Å². The molecule has 0 amide bonds. The maximum Gasteiger partial charge on any atom is 0.341 e. The standard InChI is InChI=1S/C15H14BrNO3/c1-9-7-10(2)17(14(18)13(9)15(19)20)8-11-5-3-4-6-12(11)16/h3-7H,8H2,1-2H3,(H,19,20). The van der Waals surface area contributed by atoms with Gasteiger partial charge in [-0.3, -0.25) is 4.79 Å². The molecular weight excluding hydrogens is 322 g/mol. The fraction of sp³-hybridized carbons (Fsp3) is 0.200. The molecule has 0 spiro atoms. The van der Waals surface area contributed by atoms with Gasteiger partial charge in [0.15, 0.2) is 0 Å². The van der Waals surface area contributed by atoms with Crippen molar-refractivity contribution >= 4 is 21.9 Å². The second-order valence-corrected chi connectivity index (χ2v) is 5.49. The van der Waals surface area contributed by atoms with Gasteiger partial charge in [-0.15, -0.1) is 0 Å². The number of carbonyl (C=O) groups is 1. The van der Waals surface area contributed by atoms with E-state index in [1.54, 1.807) is 19.9 Å². The first kappa shape index (κ1) is 14.5. The Kier molecular flexibility index (Phi) is 4.09. The van der Waals surface area contributed by atoms with Gasteiger partial charge in [-0.05, 0) is 37.1 Å². The van der Waals surface area contributed by atoms with Crippen LogP contribution in [0.4, 0.5) is 0 Å². The number of halogens is 1. The van der Waals surface area contributed by atoms with Crippen molar-refractivity contribution in [2.24, 2.45) is 0 Å². The summed E-state index contributed by atoms with van der Waals surface area (Å²) in [6.45, 7) is 3.78. The van der Waals surface area contributed by atoms with Gasteiger partial charge in [0, 0.05) is 10.2 Å². The Morgan fingerprint density at radius 3 is 2.55 bits per heavy atom. The van der Waals surface area contributed by atoms with Gasteiger partial charge >= 0.3 is 5.97 Å². The lowest BCUT2D eigenvalue weighted by molar-refractivity contribution is 0.0693. The Hall–Kier alpha value is -1.88. The summed E-state index contributed by atoms with van der Waals surface area (Å²) in [7, 11) is 0. The van der Waals surface area contributed by atoms with Gasteiger partial charge < -0.3 is 9.67 Å². The molecule has 0 radical (unpaired) electrons. The number of pyridine rings is 1. The van der Waals surface area contributed by atoms with Crippen molar-refractivity contribution in [1.29, 1.82) is 0 Å². The lowest BCUT2D eigenvalue weighted by atomic mass is 10.1. The van der Waals surface area contributed by atoms with Crippen LogP contribution in [-0.4, -0.2) is 15.6 Å². The van der Waals surface area contributed by atoms with E-state index in [0.717, 1.165) is 15.7 Å². The molecule has 0 unspecified atom stereocenters. The van der Waals surface area contributed by atoms with E-state index < -0.39 is 11.5 Å². The van der Waals surface area contributed by atoms with E-state index in [1.807, 2.05) is 24.3 Å². The monoisotopic (exact) mass is 335 g/mol. The number of aromatic carboxylic acids is 1. The molecule has 20 heavy (non-hydrogen) atoms. The molecule has 0 saturated carbocycles. The van der Waals surface area contributed by atoms with Crippen LogP contribution in [0.25, 0.3) is 0 Å². The van der Waals surface area contributed by atoms with E-state index in [1.165, 1.54) is 4.57 Å². The highest BCUT2D eigenvalue weighted by atomic mass is 79.9. The highest BCUT2D eigenvalue weighted by Crippen LogP contribution is 2.17. The van der Waals surface area contributed by atoms with Gasteiger partial charge in [0.2, 0.25) is 0 Å². The van der Waals surface area contributed by atoms with Crippen LogP contribution in [0.3, 0.4) is 0 Å². The third kappa shape index (κ3) is 2.67. The third-order valence-corrected chi connectivity index (χ3v) is 3.98. The summed E-state index contributed by atoms with van der Waals surface area (Å²) >= 11 is 3.43. The van der Waals surface area contributed by atoms with Gasteiger partial charge in [0.25, 0.3) is 5.56 Å². The smallest absolute Gasteiger partial charge is 0.341 e. The number of carboxylic acids is 1. The predicted octanol–water partition coefficient (Wildman–Crippen LogP) is 2.97. The molecule has 0 saturated heterocycles. The average molecular weight is 336 g/mol. The zero-order valence-electron chi connectivity index (χ0n) is 11.2. The van der Waals surface area contributed by atoms with Crippen LogP contribution in [0.5, 0.6) is 0 Å². The van der Waals surface area contributed by atoms with Crippen molar-refractivity contribution in [3.63, 3.8) is 0 Å². The maximum atomic E-state index is 12.3. The molecule has 2 rings (SSSR count). The Morgan fingerprint density at radius 1 is 1.30 bits per heavy atom. The minimum Gasteiger partial charge on any atom is -0.477 e. The molecule has 0 aliphatic heterocycles. The fourth-order valence-electron chi connectivity index (χ4n) is 2.18. The van der Waals surface area contributed by atoms with Crippen molar-refractivity contribution in [2.75, 3.05) is 0 Å². The zero-order chi connectivity index (χ0) is 14.9. The molecule has 0 aliphatic rings. The molecular formula is C15H14BrNO3. The number of carboxylic acid groups (broad SMARTS) is 1. The lowest BCUT2D eigenvalue weighted by Gasteiger charge is -2.13. The normalized spacial score (nSPS) is 10.6. The molecule has 0 atom stereocenters. The summed E-state index contributed by atoms with van der Waals surface area (Å²) in [6.07, 6.45) is 0. The minimum atomic E-state index is -1.19. The van der Waals surface area contributed by atoms with E-state index in [2.05, 4.69) is 15.9 Å². The van der Waals surface area contributed by atoms with E-state index in [-0.39, 0.29) is 5.56 Å².